The largest absolute Gasteiger partial charge is 0.435 e. The molecular weight excluding hydrogens is 449 g/mol. The van der Waals surface area contributed by atoms with Gasteiger partial charge >= 0.3 is 6.18 Å². The molecule has 1 aliphatic rings. The average molecular weight is 474 g/mol. The number of hydrogen-bond donors (Lipinski definition) is 2. The van der Waals surface area contributed by atoms with Crippen LogP contribution in [0.4, 0.5) is 18.9 Å². The molecule has 34 heavy (non-hydrogen) atoms. The number of aromatic nitrogens is 3. The van der Waals surface area contributed by atoms with Crippen molar-refractivity contribution in [2.75, 3.05) is 38.1 Å². The number of pyridine rings is 3. The van der Waals surface area contributed by atoms with Crippen molar-refractivity contribution in [3.8, 4) is 0 Å². The van der Waals surface area contributed by atoms with Crippen molar-refractivity contribution in [3.63, 3.8) is 0 Å². The van der Waals surface area contributed by atoms with Crippen LogP contribution >= 0.6 is 0 Å². The summed E-state index contributed by atoms with van der Waals surface area (Å²) in [7, 11) is 1.34. The number of aromatic amines is 1. The number of H-pyrrole nitrogens is 1. The maximum Gasteiger partial charge on any atom is 0.435 e. The Hall–Kier alpha value is -3.47. The fraction of sp³-hybridized carbons (Fsp3) is 0.391. The van der Waals surface area contributed by atoms with Crippen LogP contribution in [-0.4, -0.2) is 59.0 Å². The molecule has 8 nitrogen and oxygen atoms in total. The van der Waals surface area contributed by atoms with Gasteiger partial charge in [-0.2, -0.15) is 13.2 Å². The molecule has 4 heterocycles. The van der Waals surface area contributed by atoms with Gasteiger partial charge in [0.05, 0.1) is 16.7 Å². The maximum atomic E-state index is 13.7. The van der Waals surface area contributed by atoms with Gasteiger partial charge < -0.3 is 15.2 Å². The Kier molecular flexibility index (Phi) is 6.56. The lowest BCUT2D eigenvalue weighted by atomic mass is 10.1. The van der Waals surface area contributed by atoms with Crippen molar-refractivity contribution in [2.45, 2.75) is 26.1 Å². The second-order valence-corrected chi connectivity index (χ2v) is 8.16. The van der Waals surface area contributed by atoms with Gasteiger partial charge in [0.2, 0.25) is 0 Å². The highest BCUT2D eigenvalue weighted by molar-refractivity contribution is 5.92. The number of amides is 1. The minimum Gasteiger partial charge on any atom is -0.367 e. The van der Waals surface area contributed by atoms with Gasteiger partial charge in [0.15, 0.2) is 5.69 Å². The molecule has 1 saturated heterocycles. The Balaban J connectivity index is 1.47. The minimum atomic E-state index is -4.68. The summed E-state index contributed by atoms with van der Waals surface area (Å²) >= 11 is 0. The number of nitrogens with zero attached hydrogens (tertiary/aromatic N) is 4. The van der Waals surface area contributed by atoms with Crippen LogP contribution in [0, 0.1) is 0 Å². The maximum absolute atomic E-state index is 13.7. The summed E-state index contributed by atoms with van der Waals surface area (Å²) in [5.41, 5.74) is 1.48. The lowest BCUT2D eigenvalue weighted by molar-refractivity contribution is -0.140. The predicted octanol–water partition coefficient (Wildman–Crippen LogP) is 2.58. The van der Waals surface area contributed by atoms with Crippen molar-refractivity contribution >= 4 is 22.6 Å². The molecule has 0 unspecified atom stereocenters. The fourth-order valence-electron chi connectivity index (χ4n) is 4.09. The molecule has 1 aliphatic heterocycles. The third kappa shape index (κ3) is 4.89. The molecule has 0 spiro atoms. The lowest BCUT2D eigenvalue weighted by Gasteiger charge is -2.36. The van der Waals surface area contributed by atoms with Crippen molar-refractivity contribution in [1.82, 2.24) is 25.2 Å². The molecule has 2 N–H and O–H groups in total. The fourth-order valence-corrected chi connectivity index (χ4v) is 4.09. The van der Waals surface area contributed by atoms with Crippen molar-refractivity contribution in [3.05, 3.63) is 63.3 Å². The van der Waals surface area contributed by atoms with Gasteiger partial charge in [0, 0.05) is 51.5 Å². The van der Waals surface area contributed by atoms with E-state index in [1.54, 1.807) is 17.2 Å². The molecule has 180 valence electrons. The van der Waals surface area contributed by atoms with Gasteiger partial charge in [-0.05, 0) is 36.2 Å². The van der Waals surface area contributed by atoms with E-state index in [0.29, 0.717) is 50.2 Å². The Morgan fingerprint density at radius 2 is 1.91 bits per heavy atom. The van der Waals surface area contributed by atoms with Crippen LogP contribution < -0.4 is 15.8 Å². The lowest BCUT2D eigenvalue weighted by Crippen LogP contribution is -2.46. The van der Waals surface area contributed by atoms with Crippen molar-refractivity contribution in [2.24, 2.45) is 0 Å². The summed E-state index contributed by atoms with van der Waals surface area (Å²) in [6, 6.07) is 6.29. The molecule has 0 radical (unpaired) electrons. The quantitative estimate of drug-likeness (QED) is 0.591. The number of carbonyl (C=O) groups is 1. The third-order valence-electron chi connectivity index (χ3n) is 5.93. The van der Waals surface area contributed by atoms with Crippen LogP contribution in [0.5, 0.6) is 0 Å². The van der Waals surface area contributed by atoms with E-state index in [2.05, 4.69) is 25.2 Å². The van der Waals surface area contributed by atoms with Crippen LogP contribution in [0.3, 0.4) is 0 Å². The highest BCUT2D eigenvalue weighted by Crippen LogP contribution is 2.35. The number of nitrogens with one attached hydrogen (secondary N) is 2. The predicted molar refractivity (Wildman–Crippen MR) is 122 cm³/mol. The summed E-state index contributed by atoms with van der Waals surface area (Å²) in [5.74, 6) is -0.668. The minimum absolute atomic E-state index is 0.0310. The van der Waals surface area contributed by atoms with E-state index in [-0.39, 0.29) is 16.9 Å². The van der Waals surface area contributed by atoms with Crippen LogP contribution in [-0.2, 0) is 19.1 Å². The molecule has 1 amide bonds. The number of piperazine rings is 1. The molecule has 0 saturated carbocycles. The second kappa shape index (κ2) is 9.41. The SMILES string of the molecule is CCc1cc2ncc(CN3CCN(c4ccc(C(=O)NC)nc4C(F)(F)F)CC3)cc2[nH]c1=O. The number of alkyl halides is 3. The molecule has 0 bridgehead atoms. The zero-order valence-electron chi connectivity index (χ0n) is 18.9. The van der Waals surface area contributed by atoms with E-state index in [4.69, 9.17) is 0 Å². The number of rotatable bonds is 5. The first kappa shape index (κ1) is 23.7. The normalized spacial score (nSPS) is 15.0. The van der Waals surface area contributed by atoms with E-state index >= 15 is 0 Å². The molecule has 0 aromatic carbocycles. The Morgan fingerprint density at radius 1 is 1.18 bits per heavy atom. The summed E-state index contributed by atoms with van der Waals surface area (Å²) in [6.07, 6.45) is -2.30. The summed E-state index contributed by atoms with van der Waals surface area (Å²) in [4.78, 5) is 38.5. The zero-order valence-corrected chi connectivity index (χ0v) is 18.9. The standard InChI is InChI=1S/C23H25F3N6O2/c1-3-15-11-17-18(30-21(15)33)10-14(12-28-17)13-31-6-8-32(9-7-31)19-5-4-16(22(34)27-2)29-20(19)23(24,25)26/h4-5,10-12H,3,6-9,13H2,1-2H3,(H,27,34)(H,30,33). The van der Waals surface area contributed by atoms with E-state index in [9.17, 15) is 22.8 Å². The van der Waals surface area contributed by atoms with Crippen LogP contribution in [0.1, 0.15) is 34.2 Å². The van der Waals surface area contributed by atoms with Gasteiger partial charge in [-0.15, -0.1) is 0 Å². The molecule has 0 atom stereocenters. The van der Waals surface area contributed by atoms with Crippen molar-refractivity contribution < 1.29 is 18.0 Å². The summed E-state index contributed by atoms with van der Waals surface area (Å²) in [5, 5.41) is 2.29. The van der Waals surface area contributed by atoms with E-state index in [0.717, 1.165) is 11.1 Å². The smallest absolute Gasteiger partial charge is 0.367 e. The summed E-state index contributed by atoms with van der Waals surface area (Å²) < 4.78 is 41.0. The highest BCUT2D eigenvalue weighted by Gasteiger charge is 2.38. The van der Waals surface area contributed by atoms with Crippen LogP contribution in [0.2, 0.25) is 0 Å². The first-order chi connectivity index (χ1) is 16.2. The van der Waals surface area contributed by atoms with Gasteiger partial charge in [0.1, 0.15) is 5.69 Å². The molecule has 4 rings (SSSR count). The Labute approximate surface area is 193 Å². The van der Waals surface area contributed by atoms with Gasteiger partial charge in [-0.1, -0.05) is 6.92 Å². The van der Waals surface area contributed by atoms with Crippen LogP contribution in [0.15, 0.2) is 35.3 Å². The zero-order chi connectivity index (χ0) is 24.5. The Morgan fingerprint density at radius 3 is 2.56 bits per heavy atom. The molecule has 1 fully saturated rings. The molecule has 0 aliphatic carbocycles. The Bertz CT molecular complexity index is 1270. The number of fused-ring (bicyclic) bond motifs is 1. The van der Waals surface area contributed by atoms with E-state index < -0.39 is 17.8 Å². The van der Waals surface area contributed by atoms with E-state index in [1.165, 1.54) is 19.2 Å². The van der Waals surface area contributed by atoms with E-state index in [1.807, 2.05) is 13.0 Å². The second-order valence-electron chi connectivity index (χ2n) is 8.16. The average Bonchev–Trinajstić information content (AvgIpc) is 2.82. The van der Waals surface area contributed by atoms with Crippen molar-refractivity contribution in [1.29, 1.82) is 0 Å². The number of carbonyl (C=O) groups excluding carboxylic acids is 1. The number of halogens is 3. The number of hydrogen-bond acceptors (Lipinski definition) is 6. The van der Waals surface area contributed by atoms with Gasteiger partial charge in [-0.3, -0.25) is 19.5 Å². The van der Waals surface area contributed by atoms with Gasteiger partial charge in [0.25, 0.3) is 11.5 Å². The third-order valence-corrected chi connectivity index (χ3v) is 5.93. The molecule has 11 heteroatoms. The number of anilines is 1. The highest BCUT2D eigenvalue weighted by atomic mass is 19.4. The molecule has 3 aromatic heterocycles. The molecular formula is C23H25F3N6O2. The number of aryl methyl sites for hydroxylation is 1. The van der Waals surface area contributed by atoms with Gasteiger partial charge in [-0.25, -0.2) is 4.98 Å². The summed E-state index contributed by atoms with van der Waals surface area (Å²) in [6.45, 7) is 4.31. The first-order valence-electron chi connectivity index (χ1n) is 11.0. The monoisotopic (exact) mass is 474 g/mol. The topological polar surface area (TPSA) is 94.2 Å². The van der Waals surface area contributed by atoms with Crippen LogP contribution in [0.25, 0.3) is 11.0 Å². The first-order valence-corrected chi connectivity index (χ1v) is 11.0. The molecule has 3 aromatic rings.